The van der Waals surface area contributed by atoms with Gasteiger partial charge in [0.15, 0.2) is 0 Å². The highest BCUT2D eigenvalue weighted by Gasteiger charge is 2.27. The van der Waals surface area contributed by atoms with Crippen LogP contribution in [0.15, 0.2) is 12.3 Å². The van der Waals surface area contributed by atoms with Gasteiger partial charge in [-0.3, -0.25) is 4.79 Å². The maximum absolute atomic E-state index is 10.8. The largest absolute Gasteiger partial charge is 0.465 e. The number of rotatable bonds is 1. The predicted molar refractivity (Wildman–Crippen MR) is 32.0 cm³/mol. The predicted octanol–water partition coefficient (Wildman–Crippen LogP) is -0.567. The minimum atomic E-state index is -1.37. The summed E-state index contributed by atoms with van der Waals surface area (Å²) in [5, 5.41) is 8.78. The van der Waals surface area contributed by atoms with Gasteiger partial charge in [-0.2, -0.15) is 0 Å². The van der Waals surface area contributed by atoms with Crippen molar-refractivity contribution in [1.82, 2.24) is 0 Å². The molecule has 0 aromatic carbocycles. The van der Waals surface area contributed by atoms with Crippen LogP contribution >= 0.6 is 0 Å². The lowest BCUT2D eigenvalue weighted by Crippen LogP contribution is -2.36. The van der Waals surface area contributed by atoms with E-state index in [1.165, 1.54) is 19.4 Å². The first-order valence-corrected chi connectivity index (χ1v) is 2.82. The second kappa shape index (κ2) is 2.81. The maximum atomic E-state index is 10.8. The van der Waals surface area contributed by atoms with Crippen LogP contribution in [0.2, 0.25) is 0 Å². The van der Waals surface area contributed by atoms with Crippen LogP contribution in [0.3, 0.4) is 0 Å². The van der Waals surface area contributed by atoms with Crippen LogP contribution in [0.25, 0.3) is 0 Å². The van der Waals surface area contributed by atoms with Crippen molar-refractivity contribution < 1.29 is 19.4 Å². The van der Waals surface area contributed by atoms with E-state index in [0.29, 0.717) is 0 Å². The summed E-state index contributed by atoms with van der Waals surface area (Å²) in [6.45, 7) is 0. The molecule has 1 rings (SSSR count). The molecular weight excluding hydrogens is 136 g/mol. The summed E-state index contributed by atoms with van der Waals surface area (Å²) in [7, 11) is 1.39. The highest BCUT2D eigenvalue weighted by molar-refractivity contribution is 5.88. The van der Waals surface area contributed by atoms with Gasteiger partial charge in [0.2, 0.25) is 5.78 Å². The average Bonchev–Trinajstić information content (AvgIpc) is 1.95. The topological polar surface area (TPSA) is 55.8 Å². The second-order valence-corrected chi connectivity index (χ2v) is 1.88. The molecule has 0 aromatic rings. The van der Waals surface area contributed by atoms with Crippen molar-refractivity contribution in [1.29, 1.82) is 0 Å². The molecule has 4 heteroatoms. The van der Waals surface area contributed by atoms with Crippen molar-refractivity contribution in [2.24, 2.45) is 0 Å². The molecule has 0 aliphatic carbocycles. The molecule has 0 saturated carbocycles. The van der Waals surface area contributed by atoms with Gasteiger partial charge in [-0.05, 0) is 6.08 Å². The van der Waals surface area contributed by atoms with Crippen molar-refractivity contribution in [3.8, 4) is 0 Å². The Balaban J connectivity index is 2.66. The first kappa shape index (κ1) is 7.24. The third-order valence-electron chi connectivity index (χ3n) is 1.24. The number of carbonyl (C=O) groups excluding carboxylic acids is 1. The molecule has 0 aromatic heterocycles. The van der Waals surface area contributed by atoms with E-state index in [1.54, 1.807) is 0 Å². The van der Waals surface area contributed by atoms with Crippen LogP contribution in [0.1, 0.15) is 0 Å². The van der Waals surface area contributed by atoms with E-state index in [4.69, 9.17) is 9.84 Å². The molecule has 1 heterocycles. The van der Waals surface area contributed by atoms with Crippen LogP contribution in [0, 0.1) is 0 Å². The number of methoxy groups -OCH3 is 1. The van der Waals surface area contributed by atoms with Gasteiger partial charge in [-0.15, -0.1) is 0 Å². The van der Waals surface area contributed by atoms with Gasteiger partial charge in [0, 0.05) is 7.11 Å². The number of hydrogen-bond donors (Lipinski definition) is 1. The molecule has 0 fully saturated rings. The molecule has 0 amide bonds. The molecule has 1 aliphatic heterocycles. The van der Waals surface area contributed by atoms with E-state index < -0.39 is 18.2 Å². The Kier molecular flexibility index (Phi) is 2.03. The number of carbonyl (C=O) groups is 1. The first-order valence-electron chi connectivity index (χ1n) is 2.82. The third kappa shape index (κ3) is 1.17. The Labute approximate surface area is 58.1 Å². The Morgan fingerprint density at radius 1 is 1.80 bits per heavy atom. The SMILES string of the molecule is COC1C=COC(O)C1=O. The zero-order chi connectivity index (χ0) is 7.56. The molecular formula is C6H8O4. The molecule has 0 radical (unpaired) electrons. The molecule has 0 spiro atoms. The normalized spacial score (nSPS) is 32.0. The van der Waals surface area contributed by atoms with Crippen molar-refractivity contribution in [3.63, 3.8) is 0 Å². The zero-order valence-electron chi connectivity index (χ0n) is 5.48. The fourth-order valence-corrected chi connectivity index (χ4v) is 0.688. The standard InChI is InChI=1S/C6H8O4/c1-9-4-2-3-10-6(8)5(4)7/h2-4,6,8H,1H3. The highest BCUT2D eigenvalue weighted by atomic mass is 16.6. The Morgan fingerprint density at radius 2 is 2.50 bits per heavy atom. The van der Waals surface area contributed by atoms with E-state index in [9.17, 15) is 4.79 Å². The quantitative estimate of drug-likeness (QED) is 0.535. The van der Waals surface area contributed by atoms with Gasteiger partial charge < -0.3 is 14.6 Å². The van der Waals surface area contributed by atoms with Crippen LogP contribution in [0.4, 0.5) is 0 Å². The molecule has 56 valence electrons. The molecule has 10 heavy (non-hydrogen) atoms. The molecule has 0 saturated heterocycles. The Morgan fingerprint density at radius 3 is 3.00 bits per heavy atom. The van der Waals surface area contributed by atoms with Crippen LogP contribution in [-0.2, 0) is 14.3 Å². The minimum absolute atomic E-state index is 0.468. The third-order valence-corrected chi connectivity index (χ3v) is 1.24. The van der Waals surface area contributed by atoms with Crippen molar-refractivity contribution >= 4 is 5.78 Å². The van der Waals surface area contributed by atoms with E-state index in [-0.39, 0.29) is 0 Å². The lowest BCUT2D eigenvalue weighted by atomic mass is 10.2. The number of ether oxygens (including phenoxy) is 2. The summed E-state index contributed by atoms with van der Waals surface area (Å²) in [5.74, 6) is -0.468. The fourth-order valence-electron chi connectivity index (χ4n) is 0.688. The number of aliphatic hydroxyl groups excluding tert-OH is 1. The number of ketones is 1. The number of hydrogen-bond acceptors (Lipinski definition) is 4. The smallest absolute Gasteiger partial charge is 0.259 e. The fraction of sp³-hybridized carbons (Fsp3) is 0.500. The maximum Gasteiger partial charge on any atom is 0.259 e. The monoisotopic (exact) mass is 144 g/mol. The average molecular weight is 144 g/mol. The second-order valence-electron chi connectivity index (χ2n) is 1.88. The van der Waals surface area contributed by atoms with Crippen molar-refractivity contribution in [2.45, 2.75) is 12.4 Å². The van der Waals surface area contributed by atoms with Crippen LogP contribution in [-0.4, -0.2) is 30.4 Å². The first-order chi connectivity index (χ1) is 4.75. The number of aliphatic hydroxyl groups is 1. The van der Waals surface area contributed by atoms with Gasteiger partial charge in [0.05, 0.1) is 6.26 Å². The molecule has 1 aliphatic rings. The van der Waals surface area contributed by atoms with E-state index in [2.05, 4.69) is 4.74 Å². The van der Waals surface area contributed by atoms with Crippen molar-refractivity contribution in [3.05, 3.63) is 12.3 Å². The van der Waals surface area contributed by atoms with Gasteiger partial charge >= 0.3 is 0 Å². The zero-order valence-corrected chi connectivity index (χ0v) is 5.48. The molecule has 4 nitrogen and oxygen atoms in total. The van der Waals surface area contributed by atoms with Crippen LogP contribution < -0.4 is 0 Å². The Hall–Kier alpha value is -0.870. The lowest BCUT2D eigenvalue weighted by molar-refractivity contribution is -0.157. The summed E-state index contributed by atoms with van der Waals surface area (Å²) in [6.07, 6.45) is 0.661. The minimum Gasteiger partial charge on any atom is -0.465 e. The van der Waals surface area contributed by atoms with Gasteiger partial charge in [0.25, 0.3) is 6.29 Å². The molecule has 2 atom stereocenters. The summed E-state index contributed by atoms with van der Waals surface area (Å²) in [4.78, 5) is 10.8. The summed E-state index contributed by atoms with van der Waals surface area (Å²) in [6, 6.07) is 0. The van der Waals surface area contributed by atoms with Crippen LogP contribution in [0.5, 0.6) is 0 Å². The highest BCUT2D eigenvalue weighted by Crippen LogP contribution is 2.06. The Bertz CT molecular complexity index is 163. The summed E-state index contributed by atoms with van der Waals surface area (Å²) >= 11 is 0. The van der Waals surface area contributed by atoms with E-state index >= 15 is 0 Å². The lowest BCUT2D eigenvalue weighted by Gasteiger charge is -2.18. The number of Topliss-reactive ketones (excluding diaryl/α,β-unsaturated/α-hetero) is 1. The molecule has 0 bridgehead atoms. The van der Waals surface area contributed by atoms with E-state index in [0.717, 1.165) is 0 Å². The molecule has 2 unspecified atom stereocenters. The molecule has 1 N–H and O–H groups in total. The van der Waals surface area contributed by atoms with Gasteiger partial charge in [0.1, 0.15) is 6.10 Å². The van der Waals surface area contributed by atoms with Gasteiger partial charge in [-0.25, -0.2) is 0 Å². The summed E-state index contributed by atoms with van der Waals surface area (Å²) in [5.41, 5.74) is 0. The van der Waals surface area contributed by atoms with E-state index in [1.807, 2.05) is 0 Å². The summed E-state index contributed by atoms with van der Waals surface area (Å²) < 4.78 is 9.17. The van der Waals surface area contributed by atoms with Crippen molar-refractivity contribution in [2.75, 3.05) is 7.11 Å². The van der Waals surface area contributed by atoms with Gasteiger partial charge in [-0.1, -0.05) is 0 Å².